The minimum absolute atomic E-state index is 0.0422. The van der Waals surface area contributed by atoms with Crippen LogP contribution in [-0.2, 0) is 11.3 Å². The third-order valence-electron chi connectivity index (χ3n) is 3.73. The van der Waals surface area contributed by atoms with Crippen LogP contribution in [0, 0.1) is 0 Å². The van der Waals surface area contributed by atoms with Gasteiger partial charge in [-0.05, 0) is 23.3 Å². The highest BCUT2D eigenvalue weighted by molar-refractivity contribution is 5.93. The van der Waals surface area contributed by atoms with Crippen molar-refractivity contribution in [2.24, 2.45) is 5.73 Å². The zero-order valence-electron chi connectivity index (χ0n) is 14.0. The Bertz CT molecular complexity index is 682. The Hall–Kier alpha value is -2.66. The molecular formula is C19H23N3O2. The van der Waals surface area contributed by atoms with Gasteiger partial charge in [0.25, 0.3) is 5.91 Å². The Morgan fingerprint density at radius 1 is 1.04 bits per heavy atom. The van der Waals surface area contributed by atoms with Crippen LogP contribution in [0.3, 0.4) is 0 Å². The maximum atomic E-state index is 12.0. The van der Waals surface area contributed by atoms with Gasteiger partial charge in [-0.25, -0.2) is 0 Å². The van der Waals surface area contributed by atoms with E-state index in [4.69, 9.17) is 5.73 Å². The lowest BCUT2D eigenvalue weighted by atomic mass is 10.0. The molecule has 0 aliphatic rings. The highest BCUT2D eigenvalue weighted by Crippen LogP contribution is 2.13. The summed E-state index contributed by atoms with van der Waals surface area (Å²) in [6, 6.07) is 16.5. The Morgan fingerprint density at radius 2 is 1.67 bits per heavy atom. The lowest BCUT2D eigenvalue weighted by Gasteiger charge is -2.13. The van der Waals surface area contributed by atoms with E-state index < -0.39 is 0 Å². The number of carbonyl (C=O) groups is 2. The highest BCUT2D eigenvalue weighted by Gasteiger charge is 2.11. The maximum absolute atomic E-state index is 12.0. The van der Waals surface area contributed by atoms with Crippen LogP contribution in [0.5, 0.6) is 0 Å². The van der Waals surface area contributed by atoms with Gasteiger partial charge in [-0.1, -0.05) is 42.5 Å². The molecule has 0 spiro atoms. The SMILES string of the molecule is CN(C)C(=O)c1ccc(CNC(=O)CC(N)c2ccccc2)cc1. The van der Waals surface area contributed by atoms with Gasteiger partial charge in [0.15, 0.2) is 0 Å². The van der Waals surface area contributed by atoms with Gasteiger partial charge in [-0.15, -0.1) is 0 Å². The third-order valence-corrected chi connectivity index (χ3v) is 3.73. The fourth-order valence-electron chi connectivity index (χ4n) is 2.31. The third kappa shape index (κ3) is 4.93. The zero-order valence-corrected chi connectivity index (χ0v) is 14.0. The van der Waals surface area contributed by atoms with Crippen LogP contribution in [0.2, 0.25) is 0 Å². The Kier molecular flexibility index (Phi) is 6.09. The summed E-state index contributed by atoms with van der Waals surface area (Å²) < 4.78 is 0. The fraction of sp³-hybridized carbons (Fsp3) is 0.263. The van der Waals surface area contributed by atoms with Gasteiger partial charge in [0.05, 0.1) is 0 Å². The van der Waals surface area contributed by atoms with Crippen molar-refractivity contribution in [2.75, 3.05) is 14.1 Å². The normalized spacial score (nSPS) is 11.6. The van der Waals surface area contributed by atoms with E-state index in [1.54, 1.807) is 26.2 Å². The molecule has 0 fully saturated rings. The largest absolute Gasteiger partial charge is 0.352 e. The van der Waals surface area contributed by atoms with Crippen molar-refractivity contribution in [1.82, 2.24) is 10.2 Å². The second kappa shape index (κ2) is 8.26. The summed E-state index contributed by atoms with van der Waals surface area (Å²) >= 11 is 0. The molecule has 0 radical (unpaired) electrons. The van der Waals surface area contributed by atoms with Crippen LogP contribution >= 0.6 is 0 Å². The number of benzene rings is 2. The van der Waals surface area contributed by atoms with E-state index in [0.29, 0.717) is 12.1 Å². The predicted molar refractivity (Wildman–Crippen MR) is 94.3 cm³/mol. The lowest BCUT2D eigenvalue weighted by Crippen LogP contribution is -2.27. The topological polar surface area (TPSA) is 75.4 Å². The Morgan fingerprint density at radius 3 is 2.25 bits per heavy atom. The number of nitrogens with one attached hydrogen (secondary N) is 1. The van der Waals surface area contributed by atoms with Crippen LogP contribution < -0.4 is 11.1 Å². The molecule has 2 aromatic carbocycles. The molecule has 126 valence electrons. The van der Waals surface area contributed by atoms with Gasteiger partial charge in [0.2, 0.25) is 5.91 Å². The van der Waals surface area contributed by atoms with Gasteiger partial charge in [0.1, 0.15) is 0 Å². The molecule has 0 aliphatic carbocycles. The van der Waals surface area contributed by atoms with E-state index in [-0.39, 0.29) is 24.3 Å². The van der Waals surface area contributed by atoms with Crippen LogP contribution in [0.15, 0.2) is 54.6 Å². The van der Waals surface area contributed by atoms with Gasteiger partial charge in [-0.3, -0.25) is 9.59 Å². The second-order valence-corrected chi connectivity index (χ2v) is 5.89. The first-order valence-corrected chi connectivity index (χ1v) is 7.85. The van der Waals surface area contributed by atoms with E-state index in [1.807, 2.05) is 42.5 Å². The summed E-state index contributed by atoms with van der Waals surface area (Å²) in [5.41, 5.74) is 8.55. The number of amides is 2. The van der Waals surface area contributed by atoms with E-state index in [9.17, 15) is 9.59 Å². The number of hydrogen-bond donors (Lipinski definition) is 2. The fourth-order valence-corrected chi connectivity index (χ4v) is 2.31. The van der Waals surface area contributed by atoms with Gasteiger partial charge >= 0.3 is 0 Å². The highest BCUT2D eigenvalue weighted by atomic mass is 16.2. The van der Waals surface area contributed by atoms with Gasteiger partial charge in [0, 0.05) is 38.7 Å². The molecule has 2 rings (SSSR count). The minimum atomic E-state index is -0.314. The molecule has 0 saturated heterocycles. The summed E-state index contributed by atoms with van der Waals surface area (Å²) in [5, 5.41) is 2.86. The van der Waals surface area contributed by atoms with E-state index >= 15 is 0 Å². The van der Waals surface area contributed by atoms with Crippen molar-refractivity contribution in [3.63, 3.8) is 0 Å². The molecule has 2 aromatic rings. The van der Waals surface area contributed by atoms with Crippen molar-refractivity contribution in [1.29, 1.82) is 0 Å². The summed E-state index contributed by atoms with van der Waals surface area (Å²) in [7, 11) is 3.43. The van der Waals surface area contributed by atoms with Gasteiger partial charge in [-0.2, -0.15) is 0 Å². The van der Waals surface area contributed by atoms with E-state index in [1.165, 1.54) is 4.90 Å². The van der Waals surface area contributed by atoms with Crippen LogP contribution in [0.25, 0.3) is 0 Å². The first-order chi connectivity index (χ1) is 11.5. The van der Waals surface area contributed by atoms with E-state index in [2.05, 4.69) is 5.32 Å². The Labute approximate surface area is 142 Å². The number of carbonyl (C=O) groups excluding carboxylic acids is 2. The molecule has 0 bridgehead atoms. The number of nitrogens with zero attached hydrogens (tertiary/aromatic N) is 1. The minimum Gasteiger partial charge on any atom is -0.352 e. The molecule has 0 heterocycles. The van der Waals surface area contributed by atoms with Crippen molar-refractivity contribution in [2.45, 2.75) is 19.0 Å². The van der Waals surface area contributed by atoms with Crippen molar-refractivity contribution < 1.29 is 9.59 Å². The molecule has 1 unspecified atom stereocenters. The van der Waals surface area contributed by atoms with Crippen LogP contribution in [0.1, 0.15) is 33.9 Å². The second-order valence-electron chi connectivity index (χ2n) is 5.89. The summed E-state index contributed by atoms with van der Waals surface area (Å²) in [5.74, 6) is -0.140. The first kappa shape index (κ1) is 17.7. The van der Waals surface area contributed by atoms with E-state index in [0.717, 1.165) is 11.1 Å². The molecular weight excluding hydrogens is 302 g/mol. The zero-order chi connectivity index (χ0) is 17.5. The van der Waals surface area contributed by atoms with Gasteiger partial charge < -0.3 is 16.0 Å². The molecule has 0 aromatic heterocycles. The molecule has 1 atom stereocenters. The van der Waals surface area contributed by atoms with Crippen LogP contribution in [-0.4, -0.2) is 30.8 Å². The Balaban J connectivity index is 1.84. The smallest absolute Gasteiger partial charge is 0.253 e. The summed E-state index contributed by atoms with van der Waals surface area (Å²) in [6.45, 7) is 0.413. The molecule has 0 saturated carbocycles. The average molecular weight is 325 g/mol. The standard InChI is InChI=1S/C19H23N3O2/c1-22(2)19(24)16-10-8-14(9-11-16)13-21-18(23)12-17(20)15-6-4-3-5-7-15/h3-11,17H,12-13,20H2,1-2H3,(H,21,23). The molecule has 3 N–H and O–H groups in total. The molecule has 5 nitrogen and oxygen atoms in total. The summed E-state index contributed by atoms with van der Waals surface area (Å²) in [4.78, 5) is 25.4. The lowest BCUT2D eigenvalue weighted by molar-refractivity contribution is -0.121. The quantitative estimate of drug-likeness (QED) is 0.854. The number of rotatable bonds is 6. The molecule has 5 heteroatoms. The average Bonchev–Trinajstić information content (AvgIpc) is 2.60. The van der Waals surface area contributed by atoms with Crippen molar-refractivity contribution >= 4 is 11.8 Å². The number of nitrogens with two attached hydrogens (primary N) is 1. The molecule has 24 heavy (non-hydrogen) atoms. The van der Waals surface area contributed by atoms with Crippen LogP contribution in [0.4, 0.5) is 0 Å². The van der Waals surface area contributed by atoms with Crippen molar-refractivity contribution in [3.8, 4) is 0 Å². The summed E-state index contributed by atoms with van der Waals surface area (Å²) in [6.07, 6.45) is 0.237. The predicted octanol–water partition coefficient (Wildman–Crippen LogP) is 2.09. The molecule has 0 aliphatic heterocycles. The first-order valence-electron chi connectivity index (χ1n) is 7.85. The molecule has 2 amide bonds. The maximum Gasteiger partial charge on any atom is 0.253 e. The van der Waals surface area contributed by atoms with Crippen molar-refractivity contribution in [3.05, 3.63) is 71.3 Å². The number of hydrogen-bond acceptors (Lipinski definition) is 3. The monoisotopic (exact) mass is 325 g/mol.